The normalized spacial score (nSPS) is 21.5. The van der Waals surface area contributed by atoms with Crippen LogP contribution in [0.3, 0.4) is 0 Å². The van der Waals surface area contributed by atoms with Crippen LogP contribution in [0.2, 0.25) is 0 Å². The molecule has 2 aromatic rings. The summed E-state index contributed by atoms with van der Waals surface area (Å²) in [5, 5.41) is 1.11. The lowest BCUT2D eigenvalue weighted by molar-refractivity contribution is 0.0748. The highest BCUT2D eigenvalue weighted by atomic mass is 32.1. The summed E-state index contributed by atoms with van der Waals surface area (Å²) in [7, 11) is 1.66. The summed E-state index contributed by atoms with van der Waals surface area (Å²) in [4.78, 5) is 15.7. The molecule has 2 N–H and O–H groups in total. The van der Waals surface area contributed by atoms with Gasteiger partial charge >= 0.3 is 0 Å². The molecule has 1 amide bonds. The van der Waals surface area contributed by atoms with E-state index in [0.29, 0.717) is 12.5 Å². The van der Waals surface area contributed by atoms with Gasteiger partial charge in [0, 0.05) is 17.3 Å². The van der Waals surface area contributed by atoms with Crippen LogP contribution in [-0.4, -0.2) is 37.0 Å². The molecule has 4 nitrogen and oxygen atoms in total. The lowest BCUT2D eigenvalue weighted by Gasteiger charge is -2.21. The van der Waals surface area contributed by atoms with Crippen molar-refractivity contribution in [2.75, 3.05) is 20.2 Å². The minimum atomic E-state index is 0.140. The molecular weight excluding hydrogens is 296 g/mol. The average molecular weight is 318 g/mol. The largest absolute Gasteiger partial charge is 0.497 e. The SMILES string of the molecule is COc1ccc2sc(C(=O)N3CC(CN)CC3C)c(C)c2c1. The third kappa shape index (κ3) is 2.48. The van der Waals surface area contributed by atoms with Crippen LogP contribution in [0.1, 0.15) is 28.6 Å². The topological polar surface area (TPSA) is 55.6 Å². The van der Waals surface area contributed by atoms with E-state index < -0.39 is 0 Å². The summed E-state index contributed by atoms with van der Waals surface area (Å²) < 4.78 is 6.42. The molecule has 0 aliphatic carbocycles. The second-order valence-electron chi connectivity index (χ2n) is 6.06. The summed E-state index contributed by atoms with van der Waals surface area (Å²) in [6.45, 7) is 5.55. The number of amides is 1. The average Bonchev–Trinajstić information content (AvgIpc) is 3.07. The Bertz CT molecular complexity index is 710. The van der Waals surface area contributed by atoms with Crippen molar-refractivity contribution in [3.05, 3.63) is 28.6 Å². The number of methoxy groups -OCH3 is 1. The third-order valence-electron chi connectivity index (χ3n) is 4.59. The molecule has 22 heavy (non-hydrogen) atoms. The van der Waals surface area contributed by atoms with Gasteiger partial charge in [-0.25, -0.2) is 0 Å². The molecule has 1 aromatic heterocycles. The Morgan fingerprint density at radius 1 is 1.50 bits per heavy atom. The molecule has 0 spiro atoms. The van der Waals surface area contributed by atoms with Crippen LogP contribution in [0.4, 0.5) is 0 Å². The number of hydrogen-bond donors (Lipinski definition) is 1. The second kappa shape index (κ2) is 5.89. The van der Waals surface area contributed by atoms with Crippen molar-refractivity contribution in [2.45, 2.75) is 26.3 Å². The quantitative estimate of drug-likeness (QED) is 0.946. The van der Waals surface area contributed by atoms with Gasteiger partial charge in [-0.15, -0.1) is 11.3 Å². The van der Waals surface area contributed by atoms with E-state index in [2.05, 4.69) is 6.92 Å². The Balaban J connectivity index is 1.96. The third-order valence-corrected chi connectivity index (χ3v) is 5.85. The molecule has 1 saturated heterocycles. The molecule has 0 saturated carbocycles. The molecule has 0 bridgehead atoms. The van der Waals surface area contributed by atoms with Crippen molar-refractivity contribution in [1.82, 2.24) is 4.90 Å². The Kier molecular flexibility index (Phi) is 4.10. The van der Waals surface area contributed by atoms with Crippen molar-refractivity contribution in [3.63, 3.8) is 0 Å². The molecule has 5 heteroatoms. The minimum absolute atomic E-state index is 0.140. The molecule has 1 aliphatic rings. The van der Waals surface area contributed by atoms with E-state index in [1.54, 1.807) is 18.4 Å². The molecule has 0 radical (unpaired) electrons. The second-order valence-corrected chi connectivity index (χ2v) is 7.11. The van der Waals surface area contributed by atoms with E-state index in [4.69, 9.17) is 10.5 Å². The number of carbonyl (C=O) groups excluding carboxylic acids is 1. The Morgan fingerprint density at radius 2 is 2.27 bits per heavy atom. The summed E-state index contributed by atoms with van der Waals surface area (Å²) >= 11 is 1.57. The molecule has 2 heterocycles. The van der Waals surface area contributed by atoms with E-state index >= 15 is 0 Å². The first-order chi connectivity index (χ1) is 10.5. The smallest absolute Gasteiger partial charge is 0.264 e. The van der Waals surface area contributed by atoms with Crippen molar-refractivity contribution >= 4 is 27.3 Å². The first-order valence-electron chi connectivity index (χ1n) is 7.63. The molecule has 2 unspecified atom stereocenters. The van der Waals surface area contributed by atoms with Gasteiger partial charge in [-0.3, -0.25) is 4.79 Å². The fourth-order valence-electron chi connectivity index (χ4n) is 3.26. The fraction of sp³-hybridized carbons (Fsp3) is 0.471. The predicted octanol–water partition coefficient (Wildman–Crippen LogP) is 3.03. The van der Waals surface area contributed by atoms with Gasteiger partial charge in [0.25, 0.3) is 5.91 Å². The number of nitrogens with two attached hydrogens (primary N) is 1. The molecule has 1 aromatic carbocycles. The number of carbonyl (C=O) groups is 1. The number of thiophene rings is 1. The molecule has 1 aliphatic heterocycles. The van der Waals surface area contributed by atoms with Crippen molar-refractivity contribution in [1.29, 1.82) is 0 Å². The van der Waals surface area contributed by atoms with Crippen LogP contribution < -0.4 is 10.5 Å². The van der Waals surface area contributed by atoms with Crippen LogP contribution in [0.25, 0.3) is 10.1 Å². The number of nitrogens with zero attached hydrogens (tertiary/aromatic N) is 1. The Morgan fingerprint density at radius 3 is 2.91 bits per heavy atom. The summed E-state index contributed by atoms with van der Waals surface area (Å²) in [5.41, 5.74) is 6.82. The van der Waals surface area contributed by atoms with Gasteiger partial charge in [0.1, 0.15) is 5.75 Å². The lowest BCUT2D eigenvalue weighted by Crippen LogP contribution is -2.34. The zero-order chi connectivity index (χ0) is 15.9. The summed E-state index contributed by atoms with van der Waals surface area (Å²) in [6, 6.07) is 6.24. The van der Waals surface area contributed by atoms with Crippen molar-refractivity contribution < 1.29 is 9.53 Å². The van der Waals surface area contributed by atoms with Gasteiger partial charge in [-0.1, -0.05) is 0 Å². The van der Waals surface area contributed by atoms with Gasteiger partial charge < -0.3 is 15.4 Å². The van der Waals surface area contributed by atoms with Crippen molar-refractivity contribution in [2.24, 2.45) is 11.7 Å². The maximum atomic E-state index is 12.9. The minimum Gasteiger partial charge on any atom is -0.497 e. The van der Waals surface area contributed by atoms with E-state index in [1.165, 1.54) is 0 Å². The van der Waals surface area contributed by atoms with Gasteiger partial charge in [-0.05, 0) is 61.9 Å². The monoisotopic (exact) mass is 318 g/mol. The summed E-state index contributed by atoms with van der Waals surface area (Å²) in [5.74, 6) is 1.39. The molecule has 1 fully saturated rings. The number of fused-ring (bicyclic) bond motifs is 1. The number of rotatable bonds is 3. The lowest BCUT2D eigenvalue weighted by atomic mass is 10.1. The number of aryl methyl sites for hydroxylation is 1. The fourth-order valence-corrected chi connectivity index (χ4v) is 4.40. The zero-order valence-electron chi connectivity index (χ0n) is 13.3. The number of hydrogen-bond acceptors (Lipinski definition) is 4. The number of ether oxygens (including phenoxy) is 1. The summed E-state index contributed by atoms with van der Waals surface area (Å²) in [6.07, 6.45) is 1.00. The highest BCUT2D eigenvalue weighted by Gasteiger charge is 2.33. The first-order valence-corrected chi connectivity index (χ1v) is 8.45. The maximum absolute atomic E-state index is 12.9. The van der Waals surface area contributed by atoms with Gasteiger partial charge in [0.05, 0.1) is 12.0 Å². The Labute approximate surface area is 134 Å². The van der Waals surface area contributed by atoms with E-state index in [-0.39, 0.29) is 11.9 Å². The molecule has 2 atom stereocenters. The van der Waals surface area contributed by atoms with Crippen LogP contribution >= 0.6 is 11.3 Å². The Hall–Kier alpha value is -1.59. The predicted molar refractivity (Wildman–Crippen MR) is 90.8 cm³/mol. The highest BCUT2D eigenvalue weighted by molar-refractivity contribution is 7.21. The van der Waals surface area contributed by atoms with Crippen LogP contribution in [0.5, 0.6) is 5.75 Å². The van der Waals surface area contributed by atoms with Crippen LogP contribution in [-0.2, 0) is 0 Å². The van der Waals surface area contributed by atoms with Crippen LogP contribution in [0, 0.1) is 12.8 Å². The standard InChI is InChI=1S/C17H22N2O2S/c1-10-6-12(8-18)9-19(10)17(20)16-11(2)14-7-13(21-3)4-5-15(14)22-16/h4-5,7,10,12H,6,8-9,18H2,1-3H3. The number of likely N-dealkylation sites (tertiary alicyclic amines) is 1. The highest BCUT2D eigenvalue weighted by Crippen LogP contribution is 2.35. The molecule has 118 valence electrons. The first kappa shape index (κ1) is 15.3. The molecule has 3 rings (SSSR count). The van der Waals surface area contributed by atoms with Gasteiger partial charge in [0.15, 0.2) is 0 Å². The van der Waals surface area contributed by atoms with E-state index in [1.807, 2.05) is 30.0 Å². The van der Waals surface area contributed by atoms with E-state index in [9.17, 15) is 4.79 Å². The van der Waals surface area contributed by atoms with Crippen LogP contribution in [0.15, 0.2) is 18.2 Å². The van der Waals surface area contributed by atoms with E-state index in [0.717, 1.165) is 39.2 Å². The van der Waals surface area contributed by atoms with Gasteiger partial charge in [-0.2, -0.15) is 0 Å². The van der Waals surface area contributed by atoms with Crippen molar-refractivity contribution in [3.8, 4) is 5.75 Å². The molecular formula is C17H22N2O2S. The zero-order valence-corrected chi connectivity index (χ0v) is 14.1. The number of benzene rings is 1. The van der Waals surface area contributed by atoms with Gasteiger partial charge in [0.2, 0.25) is 0 Å². The maximum Gasteiger partial charge on any atom is 0.264 e.